The van der Waals surface area contributed by atoms with Gasteiger partial charge >= 0.3 is 0 Å². The lowest BCUT2D eigenvalue weighted by Gasteiger charge is -2.32. The summed E-state index contributed by atoms with van der Waals surface area (Å²) in [6.07, 6.45) is 3.04. The molecule has 0 radical (unpaired) electrons. The van der Waals surface area contributed by atoms with E-state index in [0.29, 0.717) is 16.1 Å². The molecular weight excluding hydrogens is 383 g/mol. The van der Waals surface area contributed by atoms with Gasteiger partial charge in [-0.25, -0.2) is 0 Å². The number of nitrogens with one attached hydrogen (secondary N) is 1. The molecule has 2 heterocycles. The lowest BCUT2D eigenvalue weighted by molar-refractivity contribution is 0.112. The first-order valence-corrected chi connectivity index (χ1v) is 10.1. The van der Waals surface area contributed by atoms with Gasteiger partial charge in [-0.2, -0.15) is 5.10 Å². The molecule has 1 aromatic heterocycles. The molecule has 0 amide bonds. The number of halogens is 2. The third kappa shape index (κ3) is 4.91. The van der Waals surface area contributed by atoms with E-state index in [-0.39, 0.29) is 0 Å². The molecule has 0 unspecified atom stereocenters. The van der Waals surface area contributed by atoms with E-state index in [1.807, 2.05) is 26.1 Å². The maximum absolute atomic E-state index is 11.3. The summed E-state index contributed by atoms with van der Waals surface area (Å²) in [5.41, 5.74) is 3.91. The van der Waals surface area contributed by atoms with Crippen LogP contribution in [0.3, 0.4) is 0 Å². The Hall–Kier alpha value is -1.40. The van der Waals surface area contributed by atoms with Gasteiger partial charge in [-0.3, -0.25) is 9.48 Å². The van der Waals surface area contributed by atoms with Crippen LogP contribution in [0.4, 0.5) is 0 Å². The number of hydrogen-bond donors (Lipinski definition) is 1. The molecule has 0 aliphatic carbocycles. The number of aldehydes is 1. The van der Waals surface area contributed by atoms with Crippen molar-refractivity contribution < 1.29 is 4.79 Å². The minimum absolute atomic E-state index is 0.407. The van der Waals surface area contributed by atoms with E-state index in [2.05, 4.69) is 15.3 Å². The average Bonchev–Trinajstić information content (AvgIpc) is 2.91. The third-order valence-electron chi connectivity index (χ3n) is 5.38. The number of aryl methyl sites for hydroxylation is 2. The molecule has 146 valence electrons. The van der Waals surface area contributed by atoms with E-state index >= 15 is 0 Å². The van der Waals surface area contributed by atoms with Gasteiger partial charge in [-0.1, -0.05) is 23.2 Å². The van der Waals surface area contributed by atoms with Crippen LogP contribution < -0.4 is 5.32 Å². The van der Waals surface area contributed by atoms with E-state index in [1.165, 1.54) is 0 Å². The first-order valence-electron chi connectivity index (χ1n) is 9.35. The Balaban J connectivity index is 1.45. The molecule has 3 rings (SSSR count). The van der Waals surface area contributed by atoms with Gasteiger partial charge in [0.15, 0.2) is 0 Å². The summed E-state index contributed by atoms with van der Waals surface area (Å²) in [5, 5.41) is 9.21. The van der Waals surface area contributed by atoms with Gasteiger partial charge in [-0.15, -0.1) is 0 Å². The van der Waals surface area contributed by atoms with Crippen LogP contribution in [0.25, 0.3) is 0 Å². The molecule has 1 aromatic carbocycles. The summed E-state index contributed by atoms with van der Waals surface area (Å²) in [5.74, 6) is 0.407. The molecule has 0 spiro atoms. The lowest BCUT2D eigenvalue weighted by Crippen LogP contribution is -2.37. The van der Waals surface area contributed by atoms with Crippen molar-refractivity contribution in [2.75, 3.05) is 26.2 Å². The molecule has 0 saturated carbocycles. The Morgan fingerprint density at radius 3 is 2.67 bits per heavy atom. The van der Waals surface area contributed by atoms with Crippen LogP contribution in [0.2, 0.25) is 10.2 Å². The third-order valence-corrected chi connectivity index (χ3v) is 6.09. The quantitative estimate of drug-likeness (QED) is 0.558. The zero-order valence-corrected chi connectivity index (χ0v) is 17.4. The van der Waals surface area contributed by atoms with Crippen molar-refractivity contribution in [1.82, 2.24) is 20.0 Å². The van der Waals surface area contributed by atoms with E-state index in [9.17, 15) is 4.79 Å². The van der Waals surface area contributed by atoms with Crippen LogP contribution >= 0.6 is 23.2 Å². The molecule has 1 N–H and O–H groups in total. The molecule has 1 fully saturated rings. The Morgan fingerprint density at radius 2 is 2.04 bits per heavy atom. The highest BCUT2D eigenvalue weighted by atomic mass is 35.5. The fourth-order valence-electron chi connectivity index (χ4n) is 3.80. The highest BCUT2D eigenvalue weighted by Crippen LogP contribution is 2.31. The largest absolute Gasteiger partial charge is 0.311 e. The summed E-state index contributed by atoms with van der Waals surface area (Å²) >= 11 is 12.4. The van der Waals surface area contributed by atoms with Crippen LogP contribution in [0.1, 0.15) is 45.9 Å². The number of carbonyl (C=O) groups is 1. The molecule has 1 saturated heterocycles. The fraction of sp³-hybridized carbons (Fsp3) is 0.500. The minimum atomic E-state index is 0.407. The average molecular weight is 409 g/mol. The van der Waals surface area contributed by atoms with Crippen LogP contribution in [0.15, 0.2) is 18.2 Å². The van der Waals surface area contributed by atoms with Gasteiger partial charge in [0.25, 0.3) is 0 Å². The lowest BCUT2D eigenvalue weighted by atomic mass is 9.87. The standard InChI is InChI=1S/C20H26Cl2N4O/c1-14-19(20(22)25(2)24-14)12-23-7-10-26-8-5-15(6-9-26)18-11-17(21)4-3-16(18)13-27/h3-4,11,13,15,23H,5-10,12H2,1-2H3. The van der Waals surface area contributed by atoms with Gasteiger partial charge in [0.1, 0.15) is 11.4 Å². The highest BCUT2D eigenvalue weighted by molar-refractivity contribution is 6.30. The van der Waals surface area contributed by atoms with Gasteiger partial charge in [-0.05, 0) is 62.5 Å². The topological polar surface area (TPSA) is 50.2 Å². The second kappa shape index (κ2) is 9.20. The summed E-state index contributed by atoms with van der Waals surface area (Å²) in [4.78, 5) is 13.8. The number of rotatable bonds is 7. The maximum Gasteiger partial charge on any atom is 0.150 e. The Morgan fingerprint density at radius 1 is 1.30 bits per heavy atom. The number of hydrogen-bond acceptors (Lipinski definition) is 4. The molecule has 1 aliphatic heterocycles. The van der Waals surface area contributed by atoms with Gasteiger partial charge in [0.05, 0.1) is 5.69 Å². The SMILES string of the molecule is Cc1nn(C)c(Cl)c1CNCCN1CCC(c2cc(Cl)ccc2C=O)CC1. The molecule has 0 atom stereocenters. The number of carbonyl (C=O) groups excluding carboxylic acids is 1. The summed E-state index contributed by atoms with van der Waals surface area (Å²) in [6, 6.07) is 5.56. The smallest absolute Gasteiger partial charge is 0.150 e. The van der Waals surface area contributed by atoms with Crippen LogP contribution in [-0.2, 0) is 13.6 Å². The van der Waals surface area contributed by atoms with E-state index in [0.717, 1.165) is 74.2 Å². The molecule has 7 heteroatoms. The van der Waals surface area contributed by atoms with Crippen molar-refractivity contribution >= 4 is 29.5 Å². The van der Waals surface area contributed by atoms with Crippen LogP contribution in [-0.4, -0.2) is 47.1 Å². The van der Waals surface area contributed by atoms with Gasteiger partial charge < -0.3 is 10.2 Å². The molecule has 1 aliphatic rings. The Bertz CT molecular complexity index is 798. The second-order valence-electron chi connectivity index (χ2n) is 7.16. The van der Waals surface area contributed by atoms with Crippen LogP contribution in [0.5, 0.6) is 0 Å². The van der Waals surface area contributed by atoms with Crippen molar-refractivity contribution in [2.24, 2.45) is 7.05 Å². The Kier molecular flexibility index (Phi) is 6.93. The molecule has 5 nitrogen and oxygen atoms in total. The van der Waals surface area contributed by atoms with Crippen molar-refractivity contribution in [3.63, 3.8) is 0 Å². The van der Waals surface area contributed by atoms with Crippen LogP contribution in [0, 0.1) is 6.92 Å². The maximum atomic E-state index is 11.3. The Labute approximate surface area is 170 Å². The number of nitrogens with zero attached hydrogens (tertiary/aromatic N) is 3. The second-order valence-corrected chi connectivity index (χ2v) is 7.96. The molecular formula is C20H26Cl2N4O. The zero-order valence-electron chi connectivity index (χ0n) is 15.8. The van der Waals surface area contributed by atoms with E-state index in [4.69, 9.17) is 23.2 Å². The molecule has 27 heavy (non-hydrogen) atoms. The summed E-state index contributed by atoms with van der Waals surface area (Å²) in [7, 11) is 1.86. The molecule has 2 aromatic rings. The first-order chi connectivity index (χ1) is 13.0. The van der Waals surface area contributed by atoms with Crippen molar-refractivity contribution in [3.8, 4) is 0 Å². The number of benzene rings is 1. The number of aromatic nitrogens is 2. The van der Waals surface area contributed by atoms with Gasteiger partial charge in [0, 0.05) is 42.8 Å². The zero-order chi connectivity index (χ0) is 19.4. The van der Waals surface area contributed by atoms with E-state index in [1.54, 1.807) is 10.7 Å². The summed E-state index contributed by atoms with van der Waals surface area (Å²) in [6.45, 7) is 6.69. The predicted molar refractivity (Wildman–Crippen MR) is 110 cm³/mol. The first kappa shape index (κ1) is 20.3. The minimum Gasteiger partial charge on any atom is -0.311 e. The number of piperidine rings is 1. The molecule has 0 bridgehead atoms. The highest BCUT2D eigenvalue weighted by Gasteiger charge is 2.22. The summed E-state index contributed by atoms with van der Waals surface area (Å²) < 4.78 is 1.71. The van der Waals surface area contributed by atoms with Gasteiger partial charge in [0.2, 0.25) is 0 Å². The van der Waals surface area contributed by atoms with E-state index < -0.39 is 0 Å². The number of likely N-dealkylation sites (tertiary alicyclic amines) is 1. The predicted octanol–water partition coefficient (Wildman–Crippen LogP) is 3.82. The fourth-order valence-corrected chi connectivity index (χ4v) is 4.22. The normalized spacial score (nSPS) is 16.0. The van der Waals surface area contributed by atoms with Crippen molar-refractivity contribution in [2.45, 2.75) is 32.2 Å². The monoisotopic (exact) mass is 408 g/mol. The van der Waals surface area contributed by atoms with Crippen molar-refractivity contribution in [3.05, 3.63) is 50.8 Å². The van der Waals surface area contributed by atoms with Crippen molar-refractivity contribution in [1.29, 1.82) is 0 Å².